The zero-order chi connectivity index (χ0) is 19.5. The highest BCUT2D eigenvalue weighted by molar-refractivity contribution is 7.17. The minimum absolute atomic E-state index is 0.210. The number of rotatable bonds is 6. The Morgan fingerprint density at radius 1 is 1.00 bits per heavy atom. The van der Waals surface area contributed by atoms with E-state index in [1.807, 2.05) is 40.3 Å². The van der Waals surface area contributed by atoms with Gasteiger partial charge >= 0.3 is 0 Å². The normalized spacial score (nSPS) is 10.9. The van der Waals surface area contributed by atoms with Crippen LogP contribution in [-0.4, -0.2) is 16.4 Å². The fourth-order valence-corrected chi connectivity index (χ4v) is 4.06. The van der Waals surface area contributed by atoms with Crippen molar-refractivity contribution in [2.45, 2.75) is 13.0 Å². The summed E-state index contributed by atoms with van der Waals surface area (Å²) in [7, 11) is 0. The van der Waals surface area contributed by atoms with E-state index < -0.39 is 5.91 Å². The van der Waals surface area contributed by atoms with Crippen LogP contribution in [0.2, 0.25) is 0 Å². The van der Waals surface area contributed by atoms with Crippen LogP contribution in [0.5, 0.6) is 0 Å². The maximum Gasteiger partial charge on any atom is 0.272 e. The predicted octanol–water partition coefficient (Wildman–Crippen LogP) is 4.30. The van der Waals surface area contributed by atoms with Gasteiger partial charge in [0.25, 0.3) is 5.91 Å². The molecule has 3 N–H and O–H groups in total. The van der Waals surface area contributed by atoms with Gasteiger partial charge in [-0.2, -0.15) is 0 Å². The predicted molar refractivity (Wildman–Crippen MR) is 113 cm³/mol. The minimum atomic E-state index is -0.525. The van der Waals surface area contributed by atoms with Gasteiger partial charge in [-0.05, 0) is 47.7 Å². The first kappa shape index (κ1) is 18.0. The molecule has 28 heavy (non-hydrogen) atoms. The average Bonchev–Trinajstić information content (AvgIpc) is 3.29. The van der Waals surface area contributed by atoms with Gasteiger partial charge in [-0.1, -0.05) is 36.4 Å². The molecule has 4 aromatic rings. The summed E-state index contributed by atoms with van der Waals surface area (Å²) in [5.41, 5.74) is 9.10. The molecule has 5 nitrogen and oxygen atoms in total. The molecule has 0 saturated carbocycles. The SMILES string of the molecule is NC(=O)c1cccc(NC(=O)c2cc3sccc3n2CCc2ccccc2)c1. The molecular formula is C22H19N3O2S. The molecule has 0 saturated heterocycles. The monoisotopic (exact) mass is 389 g/mol. The second-order valence-corrected chi connectivity index (χ2v) is 7.43. The largest absolute Gasteiger partial charge is 0.366 e. The number of anilines is 1. The number of nitrogens with two attached hydrogens (primary N) is 1. The Morgan fingerprint density at radius 2 is 1.82 bits per heavy atom. The van der Waals surface area contributed by atoms with Crippen molar-refractivity contribution in [3.05, 3.63) is 88.9 Å². The highest BCUT2D eigenvalue weighted by atomic mass is 32.1. The number of fused-ring (bicyclic) bond motifs is 1. The van der Waals surface area contributed by atoms with Gasteiger partial charge in [-0.15, -0.1) is 11.3 Å². The molecule has 4 rings (SSSR count). The maximum absolute atomic E-state index is 13.0. The second-order valence-electron chi connectivity index (χ2n) is 6.49. The Kier molecular flexibility index (Phi) is 4.95. The van der Waals surface area contributed by atoms with Gasteiger partial charge in [0.2, 0.25) is 5.91 Å². The van der Waals surface area contributed by atoms with E-state index in [9.17, 15) is 9.59 Å². The number of hydrogen-bond acceptors (Lipinski definition) is 3. The maximum atomic E-state index is 13.0. The molecule has 2 aromatic heterocycles. The lowest BCUT2D eigenvalue weighted by atomic mass is 10.1. The number of nitrogens with one attached hydrogen (secondary N) is 1. The van der Waals surface area contributed by atoms with Gasteiger partial charge in [-0.3, -0.25) is 9.59 Å². The van der Waals surface area contributed by atoms with Crippen molar-refractivity contribution in [2.75, 3.05) is 5.32 Å². The van der Waals surface area contributed by atoms with Gasteiger partial charge in [0.15, 0.2) is 0 Å². The summed E-state index contributed by atoms with van der Waals surface area (Å²) in [6.07, 6.45) is 0.831. The average molecular weight is 389 g/mol. The van der Waals surface area contributed by atoms with E-state index in [0.717, 1.165) is 16.6 Å². The molecular weight excluding hydrogens is 370 g/mol. The number of primary amides is 1. The number of aromatic nitrogens is 1. The highest BCUT2D eigenvalue weighted by Gasteiger charge is 2.17. The molecule has 140 valence electrons. The lowest BCUT2D eigenvalue weighted by molar-refractivity contribution is 0.0994. The van der Waals surface area contributed by atoms with Crippen LogP contribution in [0.3, 0.4) is 0 Å². The quantitative estimate of drug-likeness (QED) is 0.516. The molecule has 0 atom stereocenters. The number of carbonyl (C=O) groups is 2. The number of thiophene rings is 1. The van der Waals surface area contributed by atoms with Crippen molar-refractivity contribution >= 4 is 39.1 Å². The molecule has 0 radical (unpaired) electrons. The lowest BCUT2D eigenvalue weighted by Crippen LogP contribution is -2.18. The Hall–Kier alpha value is -3.38. The third kappa shape index (κ3) is 3.68. The standard InChI is InChI=1S/C22H19N3O2S/c23-21(26)16-7-4-8-17(13-16)24-22(27)19-14-20-18(10-12-28-20)25(19)11-9-15-5-2-1-3-6-15/h1-8,10,12-14H,9,11H2,(H2,23,26)(H,24,27). The lowest BCUT2D eigenvalue weighted by Gasteiger charge is -2.11. The minimum Gasteiger partial charge on any atom is -0.366 e. The zero-order valence-electron chi connectivity index (χ0n) is 15.1. The fraction of sp³-hybridized carbons (Fsp3) is 0.0909. The van der Waals surface area contributed by atoms with E-state index in [0.29, 0.717) is 23.5 Å². The smallest absolute Gasteiger partial charge is 0.272 e. The summed E-state index contributed by atoms with van der Waals surface area (Å²) >= 11 is 1.61. The Morgan fingerprint density at radius 3 is 2.61 bits per heavy atom. The summed E-state index contributed by atoms with van der Waals surface area (Å²) in [5.74, 6) is -0.735. The van der Waals surface area contributed by atoms with E-state index in [4.69, 9.17) is 5.73 Å². The molecule has 2 aromatic carbocycles. The van der Waals surface area contributed by atoms with E-state index in [-0.39, 0.29) is 5.91 Å². The van der Waals surface area contributed by atoms with Crippen LogP contribution in [0.1, 0.15) is 26.4 Å². The summed E-state index contributed by atoms with van der Waals surface area (Å²) in [6, 6.07) is 20.8. The van der Waals surface area contributed by atoms with Crippen LogP contribution in [0.15, 0.2) is 72.1 Å². The van der Waals surface area contributed by atoms with E-state index >= 15 is 0 Å². The Bertz CT molecular complexity index is 1150. The van der Waals surface area contributed by atoms with Crippen molar-refractivity contribution < 1.29 is 9.59 Å². The van der Waals surface area contributed by atoms with Gasteiger partial charge in [0.1, 0.15) is 5.69 Å². The van der Waals surface area contributed by atoms with Gasteiger partial charge in [0, 0.05) is 17.8 Å². The molecule has 0 unspecified atom stereocenters. The number of hydrogen-bond donors (Lipinski definition) is 2. The Labute approximate surface area is 166 Å². The number of nitrogens with zero attached hydrogens (tertiary/aromatic N) is 1. The second kappa shape index (κ2) is 7.70. The summed E-state index contributed by atoms with van der Waals surface area (Å²) in [6.45, 7) is 0.703. The van der Waals surface area contributed by atoms with Gasteiger partial charge < -0.3 is 15.6 Å². The first-order valence-electron chi connectivity index (χ1n) is 8.94. The number of aryl methyl sites for hydroxylation is 2. The molecule has 2 amide bonds. The van der Waals surface area contributed by atoms with Crippen LogP contribution in [0.25, 0.3) is 10.2 Å². The summed E-state index contributed by atoms with van der Waals surface area (Å²) in [5, 5.41) is 4.91. The van der Waals surface area contributed by atoms with Crippen molar-refractivity contribution in [1.82, 2.24) is 4.57 Å². The summed E-state index contributed by atoms with van der Waals surface area (Å²) in [4.78, 5) is 24.3. The number of benzene rings is 2. The summed E-state index contributed by atoms with van der Waals surface area (Å²) < 4.78 is 3.12. The molecule has 2 heterocycles. The molecule has 0 aliphatic rings. The molecule has 0 bridgehead atoms. The molecule has 6 heteroatoms. The Balaban J connectivity index is 1.60. The topological polar surface area (TPSA) is 77.1 Å². The van der Waals surface area contributed by atoms with Crippen LogP contribution in [0, 0.1) is 0 Å². The van der Waals surface area contributed by atoms with Crippen molar-refractivity contribution in [3.8, 4) is 0 Å². The first-order chi connectivity index (χ1) is 13.6. The van der Waals surface area contributed by atoms with Crippen LogP contribution in [-0.2, 0) is 13.0 Å². The molecule has 0 aliphatic heterocycles. The number of amides is 2. The molecule has 0 fully saturated rings. The van der Waals surface area contributed by atoms with Crippen molar-refractivity contribution in [2.24, 2.45) is 5.73 Å². The number of carbonyl (C=O) groups excluding carboxylic acids is 2. The van der Waals surface area contributed by atoms with E-state index in [1.54, 1.807) is 35.6 Å². The van der Waals surface area contributed by atoms with Crippen molar-refractivity contribution in [3.63, 3.8) is 0 Å². The van der Waals surface area contributed by atoms with Gasteiger partial charge in [-0.25, -0.2) is 0 Å². The highest BCUT2D eigenvalue weighted by Crippen LogP contribution is 2.26. The fourth-order valence-electron chi connectivity index (χ4n) is 3.24. The van der Waals surface area contributed by atoms with E-state index in [1.165, 1.54) is 5.56 Å². The van der Waals surface area contributed by atoms with Crippen LogP contribution in [0.4, 0.5) is 5.69 Å². The first-order valence-corrected chi connectivity index (χ1v) is 9.81. The third-order valence-electron chi connectivity index (χ3n) is 4.63. The molecule has 0 aliphatic carbocycles. The van der Waals surface area contributed by atoms with Crippen LogP contribution < -0.4 is 11.1 Å². The molecule has 0 spiro atoms. The van der Waals surface area contributed by atoms with Gasteiger partial charge in [0.05, 0.1) is 10.2 Å². The van der Waals surface area contributed by atoms with Crippen LogP contribution >= 0.6 is 11.3 Å². The van der Waals surface area contributed by atoms with E-state index in [2.05, 4.69) is 17.4 Å². The third-order valence-corrected chi connectivity index (χ3v) is 5.48. The van der Waals surface area contributed by atoms with Crippen molar-refractivity contribution in [1.29, 1.82) is 0 Å². The zero-order valence-corrected chi connectivity index (χ0v) is 15.9.